The van der Waals surface area contributed by atoms with E-state index in [1.54, 1.807) is 61.2 Å². The Balaban J connectivity index is 1.06. The molecule has 3 N–H and O–H groups in total. The molecule has 1 unspecified atom stereocenters. The first kappa shape index (κ1) is 44.7. The highest BCUT2D eigenvalue weighted by Crippen LogP contribution is 2.40. The molecule has 3 aliphatic rings. The second-order valence-electron chi connectivity index (χ2n) is 15.1. The van der Waals surface area contributed by atoms with Crippen molar-refractivity contribution in [1.82, 2.24) is 20.1 Å². The minimum atomic E-state index is -4.91. The standard InChI is InChI=1S/C40H41F6N9O5S/c1-4-23-16-26(55-37(61)54(36(59)38(55,2)3)27-18-28(39(41,42)43)30(19-47)48-20-27)8-10-31(23)60-15-14-52-12-13-53(32(21-52)40(44,45)46)22-34(57)50-25-7-5-6-24(17-25)49-29-9-11-33(56)51-35(29)58/h5-8,10,16-18,20,29,32,49H,4,9,11-15,21-22H2,1-3H3,(H,50,57)(H,51,56,58)/t29?,32-/m1/s1. The number of pyridine rings is 1. The summed E-state index contributed by atoms with van der Waals surface area (Å²) in [7, 11) is 0. The minimum absolute atomic E-state index is 0.0216. The highest BCUT2D eigenvalue weighted by atomic mass is 32.1. The third-order valence-electron chi connectivity index (χ3n) is 10.6. The van der Waals surface area contributed by atoms with Crippen molar-refractivity contribution in [2.75, 3.05) is 59.8 Å². The monoisotopic (exact) mass is 873 g/mol. The number of thiocarbonyl (C=S) groups is 1. The van der Waals surface area contributed by atoms with E-state index in [4.69, 9.17) is 22.2 Å². The number of imide groups is 1. The number of ether oxygens (including phenoxy) is 1. The van der Waals surface area contributed by atoms with Crippen molar-refractivity contribution in [3.8, 4) is 11.8 Å². The van der Waals surface area contributed by atoms with Gasteiger partial charge in [-0.3, -0.25) is 39.2 Å². The van der Waals surface area contributed by atoms with Gasteiger partial charge in [-0.05, 0) is 86.9 Å². The van der Waals surface area contributed by atoms with Crippen molar-refractivity contribution in [2.45, 2.75) is 70.0 Å². The Labute approximate surface area is 351 Å². The molecule has 4 amide bonds. The highest BCUT2D eigenvalue weighted by molar-refractivity contribution is 7.81. The lowest BCUT2D eigenvalue weighted by molar-refractivity contribution is -0.197. The topological polar surface area (TPSA) is 163 Å². The van der Waals surface area contributed by atoms with Crippen molar-refractivity contribution in [3.63, 3.8) is 0 Å². The van der Waals surface area contributed by atoms with Crippen LogP contribution >= 0.6 is 12.2 Å². The van der Waals surface area contributed by atoms with Gasteiger partial charge in [-0.25, -0.2) is 4.98 Å². The lowest BCUT2D eigenvalue weighted by Gasteiger charge is -2.41. The number of benzene rings is 2. The lowest BCUT2D eigenvalue weighted by Crippen LogP contribution is -2.60. The highest BCUT2D eigenvalue weighted by Gasteiger charge is 2.51. The Bertz CT molecular complexity index is 2270. The predicted molar refractivity (Wildman–Crippen MR) is 215 cm³/mol. The summed E-state index contributed by atoms with van der Waals surface area (Å²) < 4.78 is 90.3. The lowest BCUT2D eigenvalue weighted by atomic mass is 10.0. The summed E-state index contributed by atoms with van der Waals surface area (Å²) in [6.45, 7) is 4.36. The van der Waals surface area contributed by atoms with Crippen LogP contribution in [0, 0.1) is 11.3 Å². The molecule has 0 spiro atoms. The number of piperidine rings is 1. The summed E-state index contributed by atoms with van der Waals surface area (Å²) in [6.07, 6.45) is -7.69. The van der Waals surface area contributed by atoms with Crippen molar-refractivity contribution < 1.29 is 50.3 Å². The number of piperazine rings is 1. The summed E-state index contributed by atoms with van der Waals surface area (Å²) in [5, 5.41) is 16.9. The minimum Gasteiger partial charge on any atom is -0.492 e. The maximum atomic E-state index is 14.4. The van der Waals surface area contributed by atoms with Crippen LogP contribution in [-0.2, 0) is 31.8 Å². The van der Waals surface area contributed by atoms with Crippen molar-refractivity contribution >= 4 is 63.7 Å². The fraction of sp³-hybridized carbons (Fsp3) is 0.425. The average molecular weight is 874 g/mol. The molecule has 61 heavy (non-hydrogen) atoms. The first-order valence-corrected chi connectivity index (χ1v) is 19.6. The maximum absolute atomic E-state index is 14.4. The largest absolute Gasteiger partial charge is 0.492 e. The van der Waals surface area contributed by atoms with Gasteiger partial charge in [-0.2, -0.15) is 31.6 Å². The van der Waals surface area contributed by atoms with E-state index >= 15 is 0 Å². The molecule has 6 rings (SSSR count). The van der Waals surface area contributed by atoms with Crippen molar-refractivity contribution in [3.05, 3.63) is 71.5 Å². The van der Waals surface area contributed by atoms with E-state index < -0.39 is 72.0 Å². The van der Waals surface area contributed by atoms with Gasteiger partial charge in [0, 0.05) is 49.7 Å². The second kappa shape index (κ2) is 17.6. The van der Waals surface area contributed by atoms with Gasteiger partial charge in [0.05, 0.1) is 24.0 Å². The van der Waals surface area contributed by atoms with E-state index in [0.717, 1.165) is 16.0 Å². The fourth-order valence-corrected chi connectivity index (χ4v) is 7.95. The van der Waals surface area contributed by atoms with Gasteiger partial charge >= 0.3 is 12.4 Å². The molecular formula is C40H41F6N9O5S. The second-order valence-corrected chi connectivity index (χ2v) is 15.5. The fourth-order valence-electron chi connectivity index (χ4n) is 7.43. The number of alkyl halides is 6. The third-order valence-corrected chi connectivity index (χ3v) is 11.0. The zero-order valence-electron chi connectivity index (χ0n) is 33.1. The van der Waals surface area contributed by atoms with Crippen LogP contribution in [0.5, 0.6) is 5.75 Å². The van der Waals surface area contributed by atoms with Crippen LogP contribution in [0.3, 0.4) is 0 Å². The number of halogens is 6. The number of rotatable bonds is 12. The number of amides is 4. The normalized spacial score (nSPS) is 20.1. The van der Waals surface area contributed by atoms with E-state index in [1.165, 1.54) is 11.0 Å². The molecule has 21 heteroatoms. The zero-order valence-corrected chi connectivity index (χ0v) is 33.9. The molecule has 1 aromatic heterocycles. The molecule has 4 heterocycles. The molecule has 0 saturated carbocycles. The average Bonchev–Trinajstić information content (AvgIpc) is 3.37. The first-order chi connectivity index (χ1) is 28.7. The van der Waals surface area contributed by atoms with Crippen LogP contribution in [0.15, 0.2) is 54.7 Å². The number of aryl methyl sites for hydroxylation is 1. The molecule has 324 valence electrons. The van der Waals surface area contributed by atoms with Crippen molar-refractivity contribution in [2.24, 2.45) is 0 Å². The number of carbonyl (C=O) groups excluding carboxylic acids is 4. The molecule has 3 fully saturated rings. The quantitative estimate of drug-likeness (QED) is 0.124. The molecular weight excluding hydrogens is 833 g/mol. The SMILES string of the molecule is CCc1cc(N2C(=S)N(c3cnc(C#N)c(C(F)(F)F)c3)C(=O)C2(C)C)ccc1OCCN1CCN(CC(=O)Nc2cccc(NC3CCC(=O)NC3=O)c2)[C@@H](C(F)(F)F)C1. The summed E-state index contributed by atoms with van der Waals surface area (Å²) in [5.74, 6) is -1.69. The van der Waals surface area contributed by atoms with Crippen molar-refractivity contribution in [1.29, 1.82) is 5.26 Å². The number of carbonyl (C=O) groups is 4. The summed E-state index contributed by atoms with van der Waals surface area (Å²) in [6, 6.07) is 10.8. The summed E-state index contributed by atoms with van der Waals surface area (Å²) in [5.41, 5.74) is -1.86. The van der Waals surface area contributed by atoms with E-state index in [-0.39, 0.29) is 55.8 Å². The predicted octanol–water partition coefficient (Wildman–Crippen LogP) is 5.23. The van der Waals surface area contributed by atoms with Gasteiger partial charge in [-0.15, -0.1) is 0 Å². The Morgan fingerprint density at radius 1 is 1.05 bits per heavy atom. The van der Waals surface area contributed by atoms with Gasteiger partial charge in [0.1, 0.15) is 36.0 Å². The van der Waals surface area contributed by atoms with Gasteiger partial charge in [-0.1, -0.05) is 13.0 Å². The van der Waals surface area contributed by atoms with E-state index in [0.29, 0.717) is 40.9 Å². The molecule has 3 aliphatic heterocycles. The van der Waals surface area contributed by atoms with Crippen LogP contribution in [0.2, 0.25) is 0 Å². The van der Waals surface area contributed by atoms with E-state index in [1.807, 2.05) is 6.92 Å². The molecule has 2 atom stereocenters. The number of nitrogens with zero attached hydrogens (tertiary/aromatic N) is 6. The maximum Gasteiger partial charge on any atom is 0.419 e. The Morgan fingerprint density at radius 3 is 2.46 bits per heavy atom. The van der Waals surface area contributed by atoms with Crippen LogP contribution < -0.4 is 30.5 Å². The number of hydrogen-bond donors (Lipinski definition) is 3. The smallest absolute Gasteiger partial charge is 0.419 e. The summed E-state index contributed by atoms with van der Waals surface area (Å²) in [4.78, 5) is 59.0. The molecule has 0 radical (unpaired) electrons. The molecule has 14 nitrogen and oxygen atoms in total. The number of nitriles is 1. The van der Waals surface area contributed by atoms with Crippen LogP contribution in [0.1, 0.15) is 50.4 Å². The van der Waals surface area contributed by atoms with Crippen LogP contribution in [-0.4, -0.2) is 107 Å². The first-order valence-electron chi connectivity index (χ1n) is 19.2. The van der Waals surface area contributed by atoms with Gasteiger partial charge < -0.3 is 20.3 Å². The number of anilines is 4. The van der Waals surface area contributed by atoms with Gasteiger partial charge in [0.25, 0.3) is 5.91 Å². The molecule has 0 bridgehead atoms. The van der Waals surface area contributed by atoms with Crippen LogP contribution in [0.4, 0.5) is 49.1 Å². The Morgan fingerprint density at radius 2 is 1.79 bits per heavy atom. The number of aromatic nitrogens is 1. The number of hydrogen-bond acceptors (Lipinski definition) is 11. The Hall–Kier alpha value is -5.85. The zero-order chi connectivity index (χ0) is 44.4. The van der Waals surface area contributed by atoms with Gasteiger partial charge in [0.15, 0.2) is 10.8 Å². The third kappa shape index (κ3) is 9.87. The molecule has 2 aromatic carbocycles. The summed E-state index contributed by atoms with van der Waals surface area (Å²) >= 11 is 5.63. The number of nitrogens with one attached hydrogen (secondary N) is 3. The van der Waals surface area contributed by atoms with E-state index in [2.05, 4.69) is 20.9 Å². The van der Waals surface area contributed by atoms with Gasteiger partial charge in [0.2, 0.25) is 17.7 Å². The molecule has 3 aromatic rings. The Kier molecular flexibility index (Phi) is 12.9. The van der Waals surface area contributed by atoms with E-state index in [9.17, 15) is 45.5 Å². The van der Waals surface area contributed by atoms with Crippen LogP contribution in [0.25, 0.3) is 0 Å². The molecule has 3 saturated heterocycles. The molecule has 0 aliphatic carbocycles.